The monoisotopic (exact) mass is 198 g/mol. The molecule has 1 rings (SSSR count). The SMILES string of the molecule is CC(C)Cc1cc(=S)n(C(C)C)[nH]1. The molecule has 0 aliphatic heterocycles. The number of nitrogens with one attached hydrogen (secondary N) is 1. The van der Waals surface area contributed by atoms with Crippen LogP contribution in [0.15, 0.2) is 6.07 Å². The molecule has 2 nitrogen and oxygen atoms in total. The van der Waals surface area contributed by atoms with E-state index in [2.05, 4.69) is 38.9 Å². The van der Waals surface area contributed by atoms with E-state index in [0.717, 1.165) is 11.1 Å². The van der Waals surface area contributed by atoms with Crippen molar-refractivity contribution in [3.8, 4) is 0 Å². The first-order chi connectivity index (χ1) is 6.00. The summed E-state index contributed by atoms with van der Waals surface area (Å²) in [5.74, 6) is 0.675. The molecule has 0 aliphatic rings. The highest BCUT2D eigenvalue weighted by atomic mass is 32.1. The van der Waals surface area contributed by atoms with Crippen molar-refractivity contribution in [2.75, 3.05) is 0 Å². The molecule has 1 N–H and O–H groups in total. The van der Waals surface area contributed by atoms with E-state index in [1.165, 1.54) is 5.69 Å². The van der Waals surface area contributed by atoms with Crippen LogP contribution in [-0.2, 0) is 6.42 Å². The first-order valence-electron chi connectivity index (χ1n) is 4.81. The summed E-state index contributed by atoms with van der Waals surface area (Å²) in [6.07, 6.45) is 1.07. The molecule has 1 heterocycles. The number of H-pyrrole nitrogens is 1. The van der Waals surface area contributed by atoms with Crippen LogP contribution in [-0.4, -0.2) is 9.78 Å². The molecule has 0 aliphatic carbocycles. The number of aromatic amines is 1. The van der Waals surface area contributed by atoms with Gasteiger partial charge in [0.05, 0.1) is 0 Å². The van der Waals surface area contributed by atoms with E-state index in [9.17, 15) is 0 Å². The van der Waals surface area contributed by atoms with E-state index in [4.69, 9.17) is 12.2 Å². The maximum atomic E-state index is 5.23. The van der Waals surface area contributed by atoms with Crippen LogP contribution in [0.1, 0.15) is 39.4 Å². The fourth-order valence-electron chi connectivity index (χ4n) is 1.39. The Hall–Kier alpha value is -0.570. The Bertz CT molecular complexity index is 320. The molecular weight excluding hydrogens is 180 g/mol. The van der Waals surface area contributed by atoms with Crippen molar-refractivity contribution in [2.45, 2.75) is 40.2 Å². The van der Waals surface area contributed by atoms with Crippen LogP contribution in [0, 0.1) is 10.6 Å². The molecule has 1 aromatic rings. The molecule has 1 aromatic heterocycles. The van der Waals surface area contributed by atoms with Crippen LogP contribution in [0.2, 0.25) is 0 Å². The van der Waals surface area contributed by atoms with Gasteiger partial charge in [-0.1, -0.05) is 26.1 Å². The second-order valence-corrected chi connectivity index (χ2v) is 4.60. The first-order valence-corrected chi connectivity index (χ1v) is 5.22. The van der Waals surface area contributed by atoms with Crippen molar-refractivity contribution in [1.29, 1.82) is 0 Å². The van der Waals surface area contributed by atoms with Gasteiger partial charge in [0.15, 0.2) is 0 Å². The highest BCUT2D eigenvalue weighted by molar-refractivity contribution is 7.71. The van der Waals surface area contributed by atoms with Gasteiger partial charge in [0.2, 0.25) is 0 Å². The number of aromatic nitrogens is 2. The average Bonchev–Trinajstić information content (AvgIpc) is 2.29. The topological polar surface area (TPSA) is 20.7 Å². The average molecular weight is 198 g/mol. The first kappa shape index (κ1) is 10.5. The summed E-state index contributed by atoms with van der Waals surface area (Å²) < 4.78 is 2.94. The van der Waals surface area contributed by atoms with Gasteiger partial charge in [-0.25, -0.2) is 0 Å². The van der Waals surface area contributed by atoms with Crippen molar-refractivity contribution < 1.29 is 0 Å². The Kier molecular flexibility index (Phi) is 3.31. The highest BCUT2D eigenvalue weighted by Gasteiger charge is 2.04. The number of hydrogen-bond acceptors (Lipinski definition) is 1. The summed E-state index contributed by atoms with van der Waals surface area (Å²) in [5, 5.41) is 3.32. The third kappa shape index (κ3) is 2.69. The normalized spacial score (nSPS) is 11.5. The van der Waals surface area contributed by atoms with Gasteiger partial charge in [-0.05, 0) is 32.3 Å². The molecule has 0 fully saturated rings. The van der Waals surface area contributed by atoms with E-state index < -0.39 is 0 Å². The molecule has 3 heteroatoms. The lowest BCUT2D eigenvalue weighted by Crippen LogP contribution is -2.04. The van der Waals surface area contributed by atoms with Crippen LogP contribution >= 0.6 is 12.2 Å². The molecule has 0 saturated carbocycles. The van der Waals surface area contributed by atoms with Gasteiger partial charge in [-0.15, -0.1) is 0 Å². The lowest BCUT2D eigenvalue weighted by Gasteiger charge is -2.07. The van der Waals surface area contributed by atoms with E-state index in [0.29, 0.717) is 12.0 Å². The molecule has 0 unspecified atom stereocenters. The van der Waals surface area contributed by atoms with Crippen molar-refractivity contribution in [2.24, 2.45) is 5.92 Å². The zero-order chi connectivity index (χ0) is 10.0. The molecule has 0 bridgehead atoms. The summed E-state index contributed by atoms with van der Waals surface area (Å²) in [5.41, 5.74) is 1.24. The van der Waals surface area contributed by atoms with Crippen molar-refractivity contribution in [3.63, 3.8) is 0 Å². The molecule has 0 radical (unpaired) electrons. The molecule has 0 amide bonds. The molecule has 0 spiro atoms. The van der Waals surface area contributed by atoms with Crippen LogP contribution < -0.4 is 0 Å². The number of rotatable bonds is 3. The Labute approximate surface area is 85.0 Å². The smallest absolute Gasteiger partial charge is 0.122 e. The molecular formula is C10H18N2S. The standard InChI is InChI=1S/C10H18N2S/c1-7(2)5-9-6-10(13)12(11-9)8(3)4/h6-8,11H,5H2,1-4H3. The van der Waals surface area contributed by atoms with Crippen LogP contribution in [0.3, 0.4) is 0 Å². The summed E-state index contributed by atoms with van der Waals surface area (Å²) >= 11 is 5.23. The zero-order valence-corrected chi connectivity index (χ0v) is 9.61. The van der Waals surface area contributed by atoms with Gasteiger partial charge in [0.25, 0.3) is 0 Å². The molecule has 0 aromatic carbocycles. The second-order valence-electron chi connectivity index (χ2n) is 4.18. The van der Waals surface area contributed by atoms with E-state index in [-0.39, 0.29) is 0 Å². The summed E-state index contributed by atoms with van der Waals surface area (Å²) in [7, 11) is 0. The maximum Gasteiger partial charge on any atom is 0.122 e. The van der Waals surface area contributed by atoms with Gasteiger partial charge in [0, 0.05) is 11.7 Å². The Balaban J connectivity index is 2.89. The minimum Gasteiger partial charge on any atom is -0.301 e. The summed E-state index contributed by atoms with van der Waals surface area (Å²) in [4.78, 5) is 0. The summed E-state index contributed by atoms with van der Waals surface area (Å²) in [6.45, 7) is 8.68. The van der Waals surface area contributed by atoms with Crippen LogP contribution in [0.5, 0.6) is 0 Å². The van der Waals surface area contributed by atoms with E-state index in [1.807, 2.05) is 4.68 Å². The predicted octanol–water partition coefficient (Wildman–Crippen LogP) is 3.33. The fourth-order valence-corrected chi connectivity index (χ4v) is 1.79. The Morgan fingerprint density at radius 3 is 2.38 bits per heavy atom. The van der Waals surface area contributed by atoms with Gasteiger partial charge in [-0.2, -0.15) is 0 Å². The van der Waals surface area contributed by atoms with Crippen molar-refractivity contribution in [1.82, 2.24) is 9.78 Å². The Morgan fingerprint density at radius 1 is 1.38 bits per heavy atom. The van der Waals surface area contributed by atoms with Crippen molar-refractivity contribution >= 4 is 12.2 Å². The lowest BCUT2D eigenvalue weighted by atomic mass is 10.1. The predicted molar refractivity (Wildman–Crippen MR) is 58.5 cm³/mol. The molecule has 13 heavy (non-hydrogen) atoms. The third-order valence-electron chi connectivity index (χ3n) is 1.94. The molecule has 0 atom stereocenters. The van der Waals surface area contributed by atoms with Gasteiger partial charge in [0.1, 0.15) is 4.64 Å². The summed E-state index contributed by atoms with van der Waals surface area (Å²) in [6, 6.07) is 2.49. The number of hydrogen-bond donors (Lipinski definition) is 1. The third-order valence-corrected chi connectivity index (χ3v) is 2.26. The van der Waals surface area contributed by atoms with Gasteiger partial charge < -0.3 is 5.10 Å². The minimum atomic E-state index is 0.424. The largest absolute Gasteiger partial charge is 0.301 e. The van der Waals surface area contributed by atoms with Crippen LogP contribution in [0.4, 0.5) is 0 Å². The van der Waals surface area contributed by atoms with Crippen molar-refractivity contribution in [3.05, 3.63) is 16.4 Å². The molecule has 74 valence electrons. The van der Waals surface area contributed by atoms with E-state index in [1.54, 1.807) is 0 Å². The van der Waals surface area contributed by atoms with Crippen LogP contribution in [0.25, 0.3) is 0 Å². The molecule has 0 saturated heterocycles. The Morgan fingerprint density at radius 2 is 2.00 bits per heavy atom. The van der Waals surface area contributed by atoms with Gasteiger partial charge in [-0.3, -0.25) is 4.68 Å². The quantitative estimate of drug-likeness (QED) is 0.739. The fraction of sp³-hybridized carbons (Fsp3) is 0.700. The van der Waals surface area contributed by atoms with Gasteiger partial charge >= 0.3 is 0 Å². The second kappa shape index (κ2) is 4.09. The lowest BCUT2D eigenvalue weighted by molar-refractivity contribution is 0.513. The minimum absolute atomic E-state index is 0.424. The number of nitrogens with zero attached hydrogens (tertiary/aromatic N) is 1. The van der Waals surface area contributed by atoms with E-state index >= 15 is 0 Å². The highest BCUT2D eigenvalue weighted by Crippen LogP contribution is 2.10. The maximum absolute atomic E-state index is 5.23. The zero-order valence-electron chi connectivity index (χ0n) is 8.79.